The lowest BCUT2D eigenvalue weighted by Gasteiger charge is -2.36. The lowest BCUT2D eigenvalue weighted by molar-refractivity contribution is 0.337. The number of benzene rings is 1. The van der Waals surface area contributed by atoms with Crippen LogP contribution in [0, 0.1) is 0 Å². The van der Waals surface area contributed by atoms with Crippen molar-refractivity contribution in [1.82, 2.24) is 5.32 Å². The van der Waals surface area contributed by atoms with Gasteiger partial charge in [-0.3, -0.25) is 5.32 Å². The number of nitrogens with one attached hydrogen (secondary N) is 2. The van der Waals surface area contributed by atoms with Gasteiger partial charge in [0.05, 0.1) is 11.4 Å². The summed E-state index contributed by atoms with van der Waals surface area (Å²) in [5.74, 6) is 0. The van der Waals surface area contributed by atoms with E-state index in [-0.39, 0.29) is 5.66 Å². The highest BCUT2D eigenvalue weighted by Crippen LogP contribution is 2.32. The van der Waals surface area contributed by atoms with Crippen LogP contribution >= 0.6 is 0 Å². The van der Waals surface area contributed by atoms with Crippen LogP contribution in [0.25, 0.3) is 0 Å². The summed E-state index contributed by atoms with van der Waals surface area (Å²) in [6.07, 6.45) is 8.12. The maximum absolute atomic E-state index is 5.95. The van der Waals surface area contributed by atoms with E-state index in [1.807, 2.05) is 24.3 Å². The van der Waals surface area contributed by atoms with Crippen molar-refractivity contribution in [3.63, 3.8) is 0 Å². The average Bonchev–Trinajstić information content (AvgIpc) is 2.58. The quantitative estimate of drug-likeness (QED) is 0.523. The molecule has 84 valence electrons. The van der Waals surface area contributed by atoms with Gasteiger partial charge in [-0.2, -0.15) is 0 Å². The first-order chi connectivity index (χ1) is 7.77. The summed E-state index contributed by atoms with van der Waals surface area (Å²) in [7, 11) is 0. The number of nitrogen functional groups attached to an aromatic ring is 1. The lowest BCUT2D eigenvalue weighted by Crippen LogP contribution is -2.52. The van der Waals surface area contributed by atoms with E-state index in [9.17, 15) is 0 Å². The number of nitrogens with two attached hydrogens (primary N) is 1. The van der Waals surface area contributed by atoms with Crippen molar-refractivity contribution in [2.45, 2.75) is 31.0 Å². The molecule has 3 heteroatoms. The molecule has 0 radical (unpaired) electrons. The molecule has 16 heavy (non-hydrogen) atoms. The molecule has 2 aliphatic heterocycles. The number of hydrogen-bond acceptors (Lipinski definition) is 3. The van der Waals surface area contributed by atoms with Gasteiger partial charge in [-0.15, -0.1) is 0 Å². The second kappa shape index (κ2) is 3.52. The minimum atomic E-state index is -0.0710. The molecule has 3 rings (SSSR count). The van der Waals surface area contributed by atoms with Gasteiger partial charge in [0.15, 0.2) is 0 Å². The van der Waals surface area contributed by atoms with E-state index in [0.717, 1.165) is 17.8 Å². The zero-order chi connectivity index (χ0) is 11.0. The van der Waals surface area contributed by atoms with E-state index >= 15 is 0 Å². The summed E-state index contributed by atoms with van der Waals surface area (Å²) >= 11 is 0. The Hall–Kier alpha value is -1.48. The van der Waals surface area contributed by atoms with Crippen LogP contribution < -0.4 is 16.4 Å². The first-order valence-electron chi connectivity index (χ1n) is 5.87. The largest absolute Gasteiger partial charge is 0.397 e. The number of fused-ring (bicyclic) bond motifs is 2. The van der Waals surface area contributed by atoms with Crippen LogP contribution in [0.15, 0.2) is 36.4 Å². The molecule has 2 unspecified atom stereocenters. The van der Waals surface area contributed by atoms with Gasteiger partial charge >= 0.3 is 0 Å². The van der Waals surface area contributed by atoms with Crippen LogP contribution in [0.4, 0.5) is 11.4 Å². The highest BCUT2D eigenvalue weighted by atomic mass is 15.2. The van der Waals surface area contributed by atoms with Crippen LogP contribution in [0.3, 0.4) is 0 Å². The number of hydrogen-bond donors (Lipinski definition) is 3. The summed E-state index contributed by atoms with van der Waals surface area (Å²) in [5, 5.41) is 7.13. The van der Waals surface area contributed by atoms with Crippen molar-refractivity contribution in [1.29, 1.82) is 0 Å². The average molecular weight is 215 g/mol. The van der Waals surface area contributed by atoms with Gasteiger partial charge < -0.3 is 11.1 Å². The third-order valence-electron chi connectivity index (χ3n) is 3.46. The van der Waals surface area contributed by atoms with E-state index < -0.39 is 0 Å². The molecule has 1 aromatic carbocycles. The van der Waals surface area contributed by atoms with Crippen molar-refractivity contribution in [3.8, 4) is 0 Å². The lowest BCUT2D eigenvalue weighted by atomic mass is 9.98. The fourth-order valence-corrected chi connectivity index (χ4v) is 2.62. The Bertz CT molecular complexity index is 427. The predicted octanol–water partition coefficient (Wildman–Crippen LogP) is 2.09. The fourth-order valence-electron chi connectivity index (χ4n) is 2.62. The maximum atomic E-state index is 5.95. The normalized spacial score (nSPS) is 31.6. The van der Waals surface area contributed by atoms with Gasteiger partial charge in [-0.05, 0) is 37.5 Å². The smallest absolute Gasteiger partial charge is 0.108 e. The molecule has 1 fully saturated rings. The molecule has 3 nitrogen and oxygen atoms in total. The molecule has 2 heterocycles. The Balaban J connectivity index is 1.85. The van der Waals surface area contributed by atoms with E-state index in [1.54, 1.807) is 0 Å². The van der Waals surface area contributed by atoms with Crippen LogP contribution in [0.1, 0.15) is 19.3 Å². The molecule has 1 aromatic rings. The van der Waals surface area contributed by atoms with Crippen molar-refractivity contribution in [3.05, 3.63) is 36.4 Å². The van der Waals surface area contributed by atoms with Gasteiger partial charge in [-0.25, -0.2) is 0 Å². The molecule has 4 N–H and O–H groups in total. The molecular formula is C13H17N3. The standard InChI is InChI=1S/C13H17N3/c14-11-5-1-2-6-12(11)16-13-8-3-4-10(15-13)7-9-13/h1-2,5-7,9-10,15-16H,3-4,8,14H2. The van der Waals surface area contributed by atoms with Gasteiger partial charge in [0.2, 0.25) is 0 Å². The van der Waals surface area contributed by atoms with Gasteiger partial charge in [0, 0.05) is 6.04 Å². The molecule has 2 aliphatic rings. The highest BCUT2D eigenvalue weighted by Gasteiger charge is 2.37. The molecule has 0 amide bonds. The van der Waals surface area contributed by atoms with E-state index in [2.05, 4.69) is 22.8 Å². The van der Waals surface area contributed by atoms with Crippen molar-refractivity contribution >= 4 is 11.4 Å². The topological polar surface area (TPSA) is 50.1 Å². The number of rotatable bonds is 2. The van der Waals surface area contributed by atoms with Crippen LogP contribution in [0.5, 0.6) is 0 Å². The molecule has 0 saturated carbocycles. The molecular weight excluding hydrogens is 198 g/mol. The predicted molar refractivity (Wildman–Crippen MR) is 67.1 cm³/mol. The Labute approximate surface area is 95.7 Å². The van der Waals surface area contributed by atoms with E-state index in [1.165, 1.54) is 12.8 Å². The molecule has 2 bridgehead atoms. The first kappa shape index (κ1) is 9.73. The Morgan fingerprint density at radius 3 is 3.12 bits per heavy atom. The number of piperidine rings is 1. The van der Waals surface area contributed by atoms with Crippen LogP contribution in [-0.2, 0) is 0 Å². The van der Waals surface area contributed by atoms with E-state index in [0.29, 0.717) is 6.04 Å². The summed E-state index contributed by atoms with van der Waals surface area (Å²) in [5.41, 5.74) is 7.70. The monoisotopic (exact) mass is 215 g/mol. The number of para-hydroxylation sites is 2. The highest BCUT2D eigenvalue weighted by molar-refractivity contribution is 5.67. The fraction of sp³-hybridized carbons (Fsp3) is 0.385. The summed E-state index contributed by atoms with van der Waals surface area (Å²) < 4.78 is 0. The van der Waals surface area contributed by atoms with Gasteiger partial charge in [-0.1, -0.05) is 18.2 Å². The maximum Gasteiger partial charge on any atom is 0.108 e. The first-order valence-corrected chi connectivity index (χ1v) is 5.87. The zero-order valence-corrected chi connectivity index (χ0v) is 9.24. The SMILES string of the molecule is Nc1ccccc1NC12C=CC(CCC1)N2. The minimum Gasteiger partial charge on any atom is -0.397 e. The summed E-state index contributed by atoms with van der Waals surface area (Å²) in [4.78, 5) is 0. The van der Waals surface area contributed by atoms with Gasteiger partial charge in [0.25, 0.3) is 0 Å². The number of anilines is 2. The minimum absolute atomic E-state index is 0.0710. The van der Waals surface area contributed by atoms with E-state index in [4.69, 9.17) is 5.73 Å². The van der Waals surface area contributed by atoms with Crippen LogP contribution in [0.2, 0.25) is 0 Å². The molecule has 0 spiro atoms. The third kappa shape index (κ3) is 1.57. The zero-order valence-electron chi connectivity index (χ0n) is 9.24. The van der Waals surface area contributed by atoms with Crippen molar-refractivity contribution in [2.24, 2.45) is 0 Å². The Morgan fingerprint density at radius 2 is 2.25 bits per heavy atom. The van der Waals surface area contributed by atoms with Crippen molar-refractivity contribution < 1.29 is 0 Å². The molecule has 1 saturated heterocycles. The Kier molecular flexibility index (Phi) is 2.14. The molecule has 0 aliphatic carbocycles. The van der Waals surface area contributed by atoms with Crippen molar-refractivity contribution in [2.75, 3.05) is 11.1 Å². The second-order valence-electron chi connectivity index (χ2n) is 4.69. The van der Waals surface area contributed by atoms with Gasteiger partial charge in [0.1, 0.15) is 5.66 Å². The second-order valence-corrected chi connectivity index (χ2v) is 4.69. The molecule has 0 aromatic heterocycles. The summed E-state index contributed by atoms with van der Waals surface area (Å²) in [6.45, 7) is 0. The summed E-state index contributed by atoms with van der Waals surface area (Å²) in [6, 6.07) is 8.46. The van der Waals surface area contributed by atoms with Crippen LogP contribution in [-0.4, -0.2) is 11.7 Å². The molecule has 2 atom stereocenters. The Morgan fingerprint density at radius 1 is 1.38 bits per heavy atom. The third-order valence-corrected chi connectivity index (χ3v) is 3.46.